The molecule has 2 aliphatic rings. The Bertz CT molecular complexity index is 1040. The van der Waals surface area contributed by atoms with Gasteiger partial charge in [0.05, 0.1) is 33.8 Å². The molecule has 1 saturated carbocycles. The van der Waals surface area contributed by atoms with Crippen LogP contribution in [0.4, 0.5) is 11.5 Å². The highest BCUT2D eigenvalue weighted by Gasteiger charge is 2.52. The number of hydrogen-bond acceptors (Lipinski definition) is 7. The SMILES string of the molecule is Cc1cc(NC(=O)COC(=O)c2ccc(N3C(=O)[C@@H]4C[C@H](Cl)[C@@H](Cl)C[C@H]4C3=O)cc2)no1. The van der Waals surface area contributed by atoms with Crippen LogP contribution >= 0.6 is 23.2 Å². The lowest BCUT2D eigenvalue weighted by molar-refractivity contribution is -0.122. The number of alkyl halides is 2. The van der Waals surface area contributed by atoms with Gasteiger partial charge in [-0.05, 0) is 44.0 Å². The van der Waals surface area contributed by atoms with Crippen molar-refractivity contribution >= 4 is 58.4 Å². The second-order valence-corrected chi connectivity index (χ2v) is 8.84. The Kier molecular flexibility index (Phi) is 6.21. The number of anilines is 2. The van der Waals surface area contributed by atoms with E-state index in [1.807, 2.05) is 0 Å². The summed E-state index contributed by atoms with van der Waals surface area (Å²) in [6.45, 7) is 1.16. The van der Waals surface area contributed by atoms with E-state index >= 15 is 0 Å². The molecule has 2 fully saturated rings. The van der Waals surface area contributed by atoms with Crippen molar-refractivity contribution in [1.82, 2.24) is 5.16 Å². The molecule has 2 heterocycles. The molecule has 3 amide bonds. The number of imide groups is 1. The molecule has 0 radical (unpaired) electrons. The minimum absolute atomic E-state index is 0.164. The lowest BCUT2D eigenvalue weighted by atomic mass is 9.80. The van der Waals surface area contributed by atoms with Crippen LogP contribution in [0.5, 0.6) is 0 Å². The van der Waals surface area contributed by atoms with Crippen LogP contribution in [0.3, 0.4) is 0 Å². The standard InChI is InChI=1S/C21H19Cl2N3O6/c1-10-6-17(25-32-10)24-18(27)9-31-21(30)11-2-4-12(5-3-11)26-19(28)13-7-15(22)16(23)8-14(13)20(26)29/h2-6,13-16H,7-9H2,1H3,(H,24,25,27)/t13-,14-,15+,16+/m1/s1. The highest BCUT2D eigenvalue weighted by Crippen LogP contribution is 2.43. The van der Waals surface area contributed by atoms with Crippen molar-refractivity contribution in [3.63, 3.8) is 0 Å². The smallest absolute Gasteiger partial charge is 0.338 e. The molecule has 11 heteroatoms. The number of aryl methyl sites for hydroxylation is 1. The molecule has 1 aliphatic heterocycles. The predicted octanol–water partition coefficient (Wildman–Crippen LogP) is 2.89. The molecule has 4 rings (SSSR count). The lowest BCUT2D eigenvalue weighted by Gasteiger charge is -2.28. The number of nitrogens with zero attached hydrogens (tertiary/aromatic N) is 2. The molecule has 32 heavy (non-hydrogen) atoms. The molecule has 1 aromatic carbocycles. The number of benzene rings is 1. The molecular weight excluding hydrogens is 461 g/mol. The van der Waals surface area contributed by atoms with Crippen LogP contribution in [0, 0.1) is 18.8 Å². The minimum Gasteiger partial charge on any atom is -0.452 e. The molecule has 1 aliphatic carbocycles. The van der Waals surface area contributed by atoms with Gasteiger partial charge in [-0.1, -0.05) is 5.16 Å². The van der Waals surface area contributed by atoms with Crippen LogP contribution in [-0.2, 0) is 19.1 Å². The average Bonchev–Trinajstić information content (AvgIpc) is 3.27. The number of aromatic nitrogens is 1. The summed E-state index contributed by atoms with van der Waals surface area (Å²) in [5.74, 6) is -2.17. The van der Waals surface area contributed by atoms with Crippen LogP contribution in [0.25, 0.3) is 0 Å². The van der Waals surface area contributed by atoms with E-state index in [9.17, 15) is 19.2 Å². The topological polar surface area (TPSA) is 119 Å². The molecule has 168 valence electrons. The van der Waals surface area contributed by atoms with Crippen molar-refractivity contribution in [1.29, 1.82) is 0 Å². The summed E-state index contributed by atoms with van der Waals surface area (Å²) in [5.41, 5.74) is 0.513. The van der Waals surface area contributed by atoms with Crippen LogP contribution in [-0.4, -0.2) is 46.2 Å². The number of esters is 1. The van der Waals surface area contributed by atoms with Gasteiger partial charge in [0.25, 0.3) is 5.91 Å². The minimum atomic E-state index is -0.731. The van der Waals surface area contributed by atoms with E-state index in [0.717, 1.165) is 4.90 Å². The fourth-order valence-electron chi connectivity index (χ4n) is 3.91. The normalized spacial score (nSPS) is 24.9. The Morgan fingerprint density at radius 2 is 1.72 bits per heavy atom. The maximum absolute atomic E-state index is 12.8. The van der Waals surface area contributed by atoms with E-state index in [1.54, 1.807) is 6.92 Å². The number of carbonyl (C=O) groups excluding carboxylic acids is 4. The third kappa shape index (κ3) is 4.35. The van der Waals surface area contributed by atoms with Gasteiger partial charge in [-0.2, -0.15) is 0 Å². The van der Waals surface area contributed by atoms with Gasteiger partial charge in [0, 0.05) is 6.07 Å². The lowest BCUT2D eigenvalue weighted by Crippen LogP contribution is -2.34. The Hall–Kier alpha value is -2.91. The molecule has 0 unspecified atom stereocenters. The summed E-state index contributed by atoms with van der Waals surface area (Å²) in [7, 11) is 0. The number of carbonyl (C=O) groups is 4. The predicted molar refractivity (Wildman–Crippen MR) is 115 cm³/mol. The first-order valence-electron chi connectivity index (χ1n) is 9.91. The van der Waals surface area contributed by atoms with E-state index in [4.69, 9.17) is 32.5 Å². The monoisotopic (exact) mass is 479 g/mol. The van der Waals surface area contributed by atoms with Crippen LogP contribution in [0.15, 0.2) is 34.9 Å². The van der Waals surface area contributed by atoms with E-state index in [-0.39, 0.29) is 33.9 Å². The molecule has 4 atom stereocenters. The van der Waals surface area contributed by atoms with Gasteiger partial charge in [0.1, 0.15) is 5.76 Å². The first-order chi connectivity index (χ1) is 15.2. The van der Waals surface area contributed by atoms with Gasteiger partial charge in [-0.25, -0.2) is 4.79 Å². The second kappa shape index (κ2) is 8.91. The summed E-state index contributed by atoms with van der Waals surface area (Å²) in [4.78, 5) is 50.8. The van der Waals surface area contributed by atoms with Gasteiger partial charge >= 0.3 is 5.97 Å². The van der Waals surface area contributed by atoms with Gasteiger partial charge in [-0.15, -0.1) is 23.2 Å². The summed E-state index contributed by atoms with van der Waals surface area (Å²) in [5, 5.41) is 5.32. The molecule has 0 bridgehead atoms. The number of fused-ring (bicyclic) bond motifs is 1. The molecular formula is C21H19Cl2N3O6. The Balaban J connectivity index is 1.37. The molecule has 0 spiro atoms. The summed E-state index contributed by atoms with van der Waals surface area (Å²) < 4.78 is 9.82. The third-order valence-corrected chi connectivity index (χ3v) is 6.60. The molecule has 1 aromatic heterocycles. The summed E-state index contributed by atoms with van der Waals surface area (Å²) in [6.07, 6.45) is 0.698. The number of hydrogen-bond donors (Lipinski definition) is 1. The Morgan fingerprint density at radius 1 is 1.12 bits per heavy atom. The van der Waals surface area contributed by atoms with Crippen molar-refractivity contribution in [2.24, 2.45) is 11.8 Å². The number of rotatable bonds is 5. The van der Waals surface area contributed by atoms with E-state index < -0.39 is 30.3 Å². The average molecular weight is 480 g/mol. The third-order valence-electron chi connectivity index (χ3n) is 5.50. The van der Waals surface area contributed by atoms with Gasteiger partial charge in [-0.3, -0.25) is 19.3 Å². The summed E-state index contributed by atoms with van der Waals surface area (Å²) >= 11 is 12.4. The highest BCUT2D eigenvalue weighted by atomic mass is 35.5. The zero-order valence-electron chi connectivity index (χ0n) is 16.9. The Morgan fingerprint density at radius 3 is 2.25 bits per heavy atom. The molecule has 1 N–H and O–H groups in total. The van der Waals surface area contributed by atoms with E-state index in [0.29, 0.717) is 24.3 Å². The van der Waals surface area contributed by atoms with Crippen molar-refractivity contribution in [3.05, 3.63) is 41.7 Å². The van der Waals surface area contributed by atoms with Crippen LogP contribution in [0.1, 0.15) is 29.0 Å². The van der Waals surface area contributed by atoms with Crippen molar-refractivity contribution < 1.29 is 28.4 Å². The van der Waals surface area contributed by atoms with Gasteiger partial charge < -0.3 is 14.6 Å². The number of nitrogens with one attached hydrogen (secondary N) is 1. The fourth-order valence-corrected chi connectivity index (χ4v) is 4.50. The van der Waals surface area contributed by atoms with Crippen molar-refractivity contribution in [2.45, 2.75) is 30.5 Å². The largest absolute Gasteiger partial charge is 0.452 e. The first-order valence-corrected chi connectivity index (χ1v) is 10.8. The molecule has 1 saturated heterocycles. The number of ether oxygens (including phenoxy) is 1. The Labute approximate surface area is 192 Å². The number of amides is 3. The second-order valence-electron chi connectivity index (χ2n) is 7.72. The van der Waals surface area contributed by atoms with Crippen LogP contribution < -0.4 is 10.2 Å². The zero-order valence-corrected chi connectivity index (χ0v) is 18.4. The van der Waals surface area contributed by atoms with Crippen LogP contribution in [0.2, 0.25) is 0 Å². The number of halogens is 2. The first kappa shape index (κ1) is 22.3. The maximum Gasteiger partial charge on any atom is 0.338 e. The molecule has 2 aromatic rings. The van der Waals surface area contributed by atoms with Gasteiger partial charge in [0.2, 0.25) is 11.8 Å². The molecule has 9 nitrogen and oxygen atoms in total. The van der Waals surface area contributed by atoms with E-state index in [2.05, 4.69) is 10.5 Å². The fraction of sp³-hybridized carbons (Fsp3) is 0.381. The van der Waals surface area contributed by atoms with E-state index in [1.165, 1.54) is 30.3 Å². The zero-order chi connectivity index (χ0) is 23.0. The summed E-state index contributed by atoms with van der Waals surface area (Å²) in [6, 6.07) is 7.34. The van der Waals surface area contributed by atoms with Crippen molar-refractivity contribution in [2.75, 3.05) is 16.8 Å². The quantitative estimate of drug-likeness (QED) is 0.397. The van der Waals surface area contributed by atoms with Gasteiger partial charge in [0.15, 0.2) is 12.4 Å². The highest BCUT2D eigenvalue weighted by molar-refractivity contribution is 6.31. The maximum atomic E-state index is 12.8. The van der Waals surface area contributed by atoms with Crippen molar-refractivity contribution in [3.8, 4) is 0 Å².